The molecule has 21 heavy (non-hydrogen) atoms. The van der Waals surface area contributed by atoms with Gasteiger partial charge in [-0.1, -0.05) is 6.07 Å². The van der Waals surface area contributed by atoms with Gasteiger partial charge in [-0.3, -0.25) is 9.69 Å². The lowest BCUT2D eigenvalue weighted by atomic mass is 10.1. The average Bonchev–Trinajstić information content (AvgIpc) is 2.83. The first-order valence-electron chi connectivity index (χ1n) is 7.93. The van der Waals surface area contributed by atoms with Crippen molar-refractivity contribution in [1.82, 2.24) is 9.80 Å². The van der Waals surface area contributed by atoms with Crippen molar-refractivity contribution < 1.29 is 4.79 Å². The van der Waals surface area contributed by atoms with Gasteiger partial charge in [0.2, 0.25) is 5.91 Å². The fourth-order valence-corrected chi connectivity index (χ4v) is 3.48. The van der Waals surface area contributed by atoms with Crippen LogP contribution in [0, 0.1) is 0 Å². The molecule has 1 aliphatic heterocycles. The smallest absolute Gasteiger partial charge is 0.222 e. The van der Waals surface area contributed by atoms with Gasteiger partial charge in [0.15, 0.2) is 0 Å². The van der Waals surface area contributed by atoms with E-state index < -0.39 is 0 Å². The third-order valence-corrected chi connectivity index (χ3v) is 4.81. The fraction of sp³-hybridized carbons (Fsp3) is 0.688. The summed E-state index contributed by atoms with van der Waals surface area (Å²) in [5.41, 5.74) is 5.73. The minimum atomic E-state index is 0.197. The van der Waals surface area contributed by atoms with E-state index in [1.54, 1.807) is 0 Å². The zero-order valence-corrected chi connectivity index (χ0v) is 13.8. The zero-order chi connectivity index (χ0) is 15.1. The Hall–Kier alpha value is -0.910. The maximum atomic E-state index is 12.2. The summed E-state index contributed by atoms with van der Waals surface area (Å²) in [6.45, 7) is 6.85. The van der Waals surface area contributed by atoms with E-state index in [-0.39, 0.29) is 6.04 Å². The van der Waals surface area contributed by atoms with Crippen molar-refractivity contribution in [3.63, 3.8) is 0 Å². The molecule has 1 fully saturated rings. The molecule has 0 spiro atoms. The van der Waals surface area contributed by atoms with Gasteiger partial charge in [0.1, 0.15) is 0 Å². The lowest BCUT2D eigenvalue weighted by molar-refractivity contribution is -0.131. The van der Waals surface area contributed by atoms with Gasteiger partial charge >= 0.3 is 0 Å². The molecule has 2 rings (SSSR count). The first-order chi connectivity index (χ1) is 10.1. The third kappa shape index (κ3) is 5.77. The molecular formula is C16H27N3OS. The van der Waals surface area contributed by atoms with Crippen LogP contribution in [-0.2, 0) is 11.3 Å². The Morgan fingerprint density at radius 1 is 1.38 bits per heavy atom. The van der Waals surface area contributed by atoms with Crippen LogP contribution in [0.15, 0.2) is 17.5 Å². The first-order valence-corrected chi connectivity index (χ1v) is 8.81. The highest BCUT2D eigenvalue weighted by Gasteiger charge is 2.19. The van der Waals surface area contributed by atoms with Gasteiger partial charge in [0, 0.05) is 50.1 Å². The number of rotatable bonds is 6. The second-order valence-electron chi connectivity index (χ2n) is 5.96. The van der Waals surface area contributed by atoms with Crippen molar-refractivity contribution in [2.45, 2.75) is 45.2 Å². The summed E-state index contributed by atoms with van der Waals surface area (Å²) in [7, 11) is 0. The molecule has 4 nitrogen and oxygen atoms in total. The normalized spacial score (nSPS) is 18.5. The molecule has 2 N–H and O–H groups in total. The van der Waals surface area contributed by atoms with Crippen molar-refractivity contribution in [1.29, 1.82) is 0 Å². The van der Waals surface area contributed by atoms with E-state index in [0.717, 1.165) is 52.0 Å². The molecule has 1 atom stereocenters. The number of carbonyl (C=O) groups is 1. The highest BCUT2D eigenvalue weighted by atomic mass is 32.1. The van der Waals surface area contributed by atoms with Crippen molar-refractivity contribution in [2.75, 3.05) is 26.2 Å². The molecule has 0 saturated carbocycles. The molecule has 5 heteroatoms. The Morgan fingerprint density at radius 3 is 2.95 bits per heavy atom. The van der Waals surface area contributed by atoms with Crippen LogP contribution >= 0.6 is 11.3 Å². The highest BCUT2D eigenvalue weighted by Crippen LogP contribution is 2.14. The van der Waals surface area contributed by atoms with Crippen molar-refractivity contribution in [2.24, 2.45) is 5.73 Å². The van der Waals surface area contributed by atoms with Gasteiger partial charge in [-0.05, 0) is 37.6 Å². The number of hydrogen-bond donors (Lipinski definition) is 1. The lowest BCUT2D eigenvalue weighted by Gasteiger charge is -2.22. The fourth-order valence-electron chi connectivity index (χ4n) is 2.73. The van der Waals surface area contributed by atoms with Crippen LogP contribution in [0.4, 0.5) is 0 Å². The molecule has 2 heterocycles. The summed E-state index contributed by atoms with van der Waals surface area (Å²) in [6.07, 6.45) is 3.56. The Labute approximate surface area is 131 Å². The van der Waals surface area contributed by atoms with E-state index in [0.29, 0.717) is 12.3 Å². The molecule has 0 radical (unpaired) electrons. The van der Waals surface area contributed by atoms with Gasteiger partial charge in [0.05, 0.1) is 0 Å². The molecule has 1 amide bonds. The maximum Gasteiger partial charge on any atom is 0.222 e. The topological polar surface area (TPSA) is 49.6 Å². The molecule has 0 aliphatic carbocycles. The van der Waals surface area contributed by atoms with E-state index in [9.17, 15) is 4.79 Å². The van der Waals surface area contributed by atoms with Crippen LogP contribution in [0.5, 0.6) is 0 Å². The van der Waals surface area contributed by atoms with Crippen LogP contribution in [0.3, 0.4) is 0 Å². The molecule has 118 valence electrons. The van der Waals surface area contributed by atoms with E-state index in [4.69, 9.17) is 5.73 Å². The Bertz CT molecular complexity index is 419. The highest BCUT2D eigenvalue weighted by molar-refractivity contribution is 7.09. The first kappa shape index (κ1) is 16.5. The molecule has 0 bridgehead atoms. The summed E-state index contributed by atoms with van der Waals surface area (Å²) in [4.78, 5) is 18.1. The van der Waals surface area contributed by atoms with Crippen LogP contribution in [0.2, 0.25) is 0 Å². The van der Waals surface area contributed by atoms with Gasteiger partial charge < -0.3 is 10.6 Å². The van der Waals surface area contributed by atoms with Crippen molar-refractivity contribution >= 4 is 17.2 Å². The van der Waals surface area contributed by atoms with Crippen LogP contribution in [0.1, 0.15) is 37.5 Å². The third-order valence-electron chi connectivity index (χ3n) is 3.95. The largest absolute Gasteiger partial charge is 0.341 e. The van der Waals surface area contributed by atoms with Gasteiger partial charge in [-0.2, -0.15) is 0 Å². The van der Waals surface area contributed by atoms with E-state index in [1.807, 2.05) is 23.2 Å². The molecular weight excluding hydrogens is 282 g/mol. The predicted molar refractivity (Wildman–Crippen MR) is 88.3 cm³/mol. The molecule has 1 aromatic heterocycles. The van der Waals surface area contributed by atoms with Crippen LogP contribution < -0.4 is 5.73 Å². The SMILES string of the molecule is CC(N)CCCC(=O)N1CCCN(Cc2cccs2)CC1. The number of thiophene rings is 1. The Balaban J connectivity index is 1.73. The molecule has 1 saturated heterocycles. The van der Waals surface area contributed by atoms with E-state index in [2.05, 4.69) is 22.4 Å². The zero-order valence-electron chi connectivity index (χ0n) is 13.0. The van der Waals surface area contributed by atoms with Crippen molar-refractivity contribution in [3.05, 3.63) is 22.4 Å². The summed E-state index contributed by atoms with van der Waals surface area (Å²) < 4.78 is 0. The van der Waals surface area contributed by atoms with Gasteiger partial charge in [0.25, 0.3) is 0 Å². The maximum absolute atomic E-state index is 12.2. The van der Waals surface area contributed by atoms with Crippen LogP contribution in [0.25, 0.3) is 0 Å². The van der Waals surface area contributed by atoms with Gasteiger partial charge in [-0.25, -0.2) is 0 Å². The quantitative estimate of drug-likeness (QED) is 0.877. The van der Waals surface area contributed by atoms with E-state index >= 15 is 0 Å². The minimum absolute atomic E-state index is 0.197. The molecule has 1 aliphatic rings. The Kier molecular flexibility index (Phi) is 6.67. The Morgan fingerprint density at radius 2 is 2.24 bits per heavy atom. The second-order valence-corrected chi connectivity index (χ2v) is 6.99. The van der Waals surface area contributed by atoms with Crippen molar-refractivity contribution in [3.8, 4) is 0 Å². The summed E-state index contributed by atoms with van der Waals surface area (Å²) in [6, 6.07) is 4.49. The average molecular weight is 309 g/mol. The van der Waals surface area contributed by atoms with Gasteiger partial charge in [-0.15, -0.1) is 11.3 Å². The predicted octanol–water partition coefficient (Wildman–Crippen LogP) is 2.30. The molecule has 0 aromatic carbocycles. The number of hydrogen-bond acceptors (Lipinski definition) is 4. The lowest BCUT2D eigenvalue weighted by Crippen LogP contribution is -2.35. The number of nitrogens with two attached hydrogens (primary N) is 1. The van der Waals surface area contributed by atoms with E-state index in [1.165, 1.54) is 4.88 Å². The molecule has 1 aromatic rings. The number of amides is 1. The number of nitrogens with zero attached hydrogens (tertiary/aromatic N) is 2. The molecule has 1 unspecified atom stereocenters. The number of carbonyl (C=O) groups excluding carboxylic acids is 1. The second kappa shape index (κ2) is 8.51. The minimum Gasteiger partial charge on any atom is -0.341 e. The summed E-state index contributed by atoms with van der Waals surface area (Å²) in [5, 5.41) is 2.13. The monoisotopic (exact) mass is 309 g/mol. The summed E-state index contributed by atoms with van der Waals surface area (Å²) in [5.74, 6) is 0.300. The standard InChI is InChI=1S/C16H27N3OS/c1-14(17)5-2-7-16(20)19-9-4-8-18(10-11-19)13-15-6-3-12-21-15/h3,6,12,14H,2,4-5,7-11,13,17H2,1H3. The summed E-state index contributed by atoms with van der Waals surface area (Å²) >= 11 is 1.81. The van der Waals surface area contributed by atoms with Crippen LogP contribution in [-0.4, -0.2) is 47.9 Å².